The van der Waals surface area contributed by atoms with Crippen LogP contribution in [0.3, 0.4) is 0 Å². The molecule has 21 heavy (non-hydrogen) atoms. The summed E-state index contributed by atoms with van der Waals surface area (Å²) in [6, 6.07) is 12.2. The zero-order valence-corrected chi connectivity index (χ0v) is 13.2. The summed E-state index contributed by atoms with van der Waals surface area (Å²) in [5.41, 5.74) is 3.36. The van der Waals surface area contributed by atoms with Gasteiger partial charge < -0.3 is 5.32 Å². The van der Waals surface area contributed by atoms with Crippen LogP contribution in [0.25, 0.3) is 5.69 Å². The van der Waals surface area contributed by atoms with E-state index in [4.69, 9.17) is 0 Å². The second-order valence-corrected chi connectivity index (χ2v) is 5.67. The number of aryl methyl sites for hydroxylation is 1. The molecular weight excluding hydrogens is 328 g/mol. The van der Waals surface area contributed by atoms with Crippen molar-refractivity contribution in [2.45, 2.75) is 13.5 Å². The Morgan fingerprint density at radius 3 is 2.86 bits per heavy atom. The minimum atomic E-state index is 0.700. The van der Waals surface area contributed by atoms with Gasteiger partial charge in [-0.05, 0) is 52.2 Å². The lowest BCUT2D eigenvalue weighted by Crippen LogP contribution is -2.07. The molecule has 1 N–H and O–H groups in total. The van der Waals surface area contributed by atoms with Crippen molar-refractivity contribution < 1.29 is 0 Å². The molecule has 106 valence electrons. The van der Waals surface area contributed by atoms with Gasteiger partial charge in [0.05, 0.1) is 5.69 Å². The number of nitrogens with one attached hydrogen (secondary N) is 1. The number of nitrogens with zero attached hydrogens (tertiary/aromatic N) is 3. The molecule has 4 nitrogen and oxygen atoms in total. The van der Waals surface area contributed by atoms with E-state index in [9.17, 15) is 0 Å². The molecule has 0 spiro atoms. The highest BCUT2D eigenvalue weighted by atomic mass is 79.9. The Labute approximate surface area is 132 Å². The predicted molar refractivity (Wildman–Crippen MR) is 87.6 cm³/mol. The molecule has 0 aliphatic carbocycles. The summed E-state index contributed by atoms with van der Waals surface area (Å²) in [6.07, 6.45) is 5.53. The highest BCUT2D eigenvalue weighted by Crippen LogP contribution is 2.19. The van der Waals surface area contributed by atoms with Crippen LogP contribution in [0.15, 0.2) is 59.5 Å². The molecule has 3 rings (SSSR count). The van der Waals surface area contributed by atoms with Crippen LogP contribution in [0.2, 0.25) is 0 Å². The molecular formula is C16H15BrN4. The van der Waals surface area contributed by atoms with Crippen LogP contribution in [0.1, 0.15) is 11.1 Å². The maximum Gasteiger partial charge on any atom is 0.129 e. The van der Waals surface area contributed by atoms with Crippen molar-refractivity contribution in [1.29, 1.82) is 0 Å². The number of pyridine rings is 1. The lowest BCUT2D eigenvalue weighted by molar-refractivity contribution is 0.863. The first kappa shape index (κ1) is 13.8. The van der Waals surface area contributed by atoms with E-state index in [1.165, 1.54) is 5.56 Å². The SMILES string of the molecule is Cc1cc(Br)cnc1NCc1ccccc1-n1cccn1. The summed E-state index contributed by atoms with van der Waals surface area (Å²) in [4.78, 5) is 4.40. The predicted octanol–water partition coefficient (Wildman–Crippen LogP) is 3.95. The first-order chi connectivity index (χ1) is 10.2. The number of rotatable bonds is 4. The van der Waals surface area contributed by atoms with Crippen LogP contribution >= 0.6 is 15.9 Å². The van der Waals surface area contributed by atoms with E-state index in [1.54, 1.807) is 12.4 Å². The Hall–Kier alpha value is -2.14. The summed E-state index contributed by atoms with van der Waals surface area (Å²) < 4.78 is 2.86. The summed E-state index contributed by atoms with van der Waals surface area (Å²) in [7, 11) is 0. The zero-order valence-electron chi connectivity index (χ0n) is 11.6. The Kier molecular flexibility index (Phi) is 4.01. The fourth-order valence-corrected chi connectivity index (χ4v) is 2.65. The Morgan fingerprint density at radius 1 is 1.24 bits per heavy atom. The lowest BCUT2D eigenvalue weighted by Gasteiger charge is -2.12. The van der Waals surface area contributed by atoms with Crippen molar-refractivity contribution in [3.05, 3.63) is 70.6 Å². The molecule has 0 unspecified atom stereocenters. The lowest BCUT2D eigenvalue weighted by atomic mass is 10.1. The van der Waals surface area contributed by atoms with Crippen molar-refractivity contribution in [1.82, 2.24) is 14.8 Å². The van der Waals surface area contributed by atoms with Gasteiger partial charge in [0.15, 0.2) is 0 Å². The van der Waals surface area contributed by atoms with Gasteiger partial charge in [0, 0.05) is 29.6 Å². The van der Waals surface area contributed by atoms with E-state index in [-0.39, 0.29) is 0 Å². The Balaban J connectivity index is 1.83. The normalized spacial score (nSPS) is 10.6. The summed E-state index contributed by atoms with van der Waals surface area (Å²) in [6.45, 7) is 2.74. The standard InChI is InChI=1S/C16H15BrN4/c1-12-9-14(17)11-19-16(12)18-10-13-5-2-3-6-15(13)21-8-4-7-20-21/h2-9,11H,10H2,1H3,(H,18,19). The minimum Gasteiger partial charge on any atom is -0.366 e. The largest absolute Gasteiger partial charge is 0.366 e. The third kappa shape index (κ3) is 3.13. The summed E-state index contributed by atoms with van der Waals surface area (Å²) in [5.74, 6) is 0.897. The van der Waals surface area contributed by atoms with Crippen molar-refractivity contribution in [3.63, 3.8) is 0 Å². The average Bonchev–Trinajstić information content (AvgIpc) is 3.01. The topological polar surface area (TPSA) is 42.7 Å². The third-order valence-corrected chi connectivity index (χ3v) is 3.67. The second-order valence-electron chi connectivity index (χ2n) is 4.75. The van der Waals surface area contributed by atoms with E-state index in [1.807, 2.05) is 36.0 Å². The van der Waals surface area contributed by atoms with Crippen LogP contribution < -0.4 is 5.32 Å². The van der Waals surface area contributed by atoms with Gasteiger partial charge in [0.1, 0.15) is 5.82 Å². The summed E-state index contributed by atoms with van der Waals surface area (Å²) in [5, 5.41) is 7.68. The van der Waals surface area contributed by atoms with Crippen LogP contribution in [-0.4, -0.2) is 14.8 Å². The number of aromatic nitrogens is 3. The van der Waals surface area contributed by atoms with Gasteiger partial charge in [-0.15, -0.1) is 0 Å². The number of hydrogen-bond acceptors (Lipinski definition) is 3. The molecule has 0 bridgehead atoms. The van der Waals surface area contributed by atoms with Gasteiger partial charge in [-0.1, -0.05) is 18.2 Å². The number of anilines is 1. The van der Waals surface area contributed by atoms with Gasteiger partial charge in [-0.3, -0.25) is 0 Å². The van der Waals surface area contributed by atoms with Crippen LogP contribution in [-0.2, 0) is 6.54 Å². The second kappa shape index (κ2) is 6.10. The number of benzene rings is 1. The quantitative estimate of drug-likeness (QED) is 0.780. The van der Waals surface area contributed by atoms with E-state index in [0.717, 1.165) is 21.5 Å². The first-order valence-electron chi connectivity index (χ1n) is 6.68. The number of halogens is 1. The molecule has 2 heterocycles. The van der Waals surface area contributed by atoms with Gasteiger partial charge in [0.25, 0.3) is 0 Å². The van der Waals surface area contributed by atoms with Crippen LogP contribution in [0, 0.1) is 6.92 Å². The van der Waals surface area contributed by atoms with E-state index < -0.39 is 0 Å². The van der Waals surface area contributed by atoms with Crippen LogP contribution in [0.4, 0.5) is 5.82 Å². The van der Waals surface area contributed by atoms with Crippen molar-refractivity contribution in [2.24, 2.45) is 0 Å². The minimum absolute atomic E-state index is 0.700. The molecule has 0 radical (unpaired) electrons. The van der Waals surface area contributed by atoms with Gasteiger partial charge in [-0.2, -0.15) is 5.10 Å². The summed E-state index contributed by atoms with van der Waals surface area (Å²) >= 11 is 3.43. The molecule has 2 aromatic heterocycles. The maximum absolute atomic E-state index is 4.40. The number of hydrogen-bond donors (Lipinski definition) is 1. The Morgan fingerprint density at radius 2 is 2.10 bits per heavy atom. The van der Waals surface area contributed by atoms with Crippen molar-refractivity contribution in [2.75, 3.05) is 5.32 Å². The molecule has 5 heteroatoms. The molecule has 3 aromatic rings. The molecule has 0 saturated carbocycles. The van der Waals surface area contributed by atoms with E-state index in [0.29, 0.717) is 6.54 Å². The van der Waals surface area contributed by atoms with Gasteiger partial charge in [-0.25, -0.2) is 9.67 Å². The fourth-order valence-electron chi connectivity index (χ4n) is 2.20. The van der Waals surface area contributed by atoms with E-state index in [2.05, 4.69) is 49.5 Å². The maximum atomic E-state index is 4.40. The smallest absolute Gasteiger partial charge is 0.129 e. The molecule has 0 fully saturated rings. The monoisotopic (exact) mass is 342 g/mol. The first-order valence-corrected chi connectivity index (χ1v) is 7.47. The van der Waals surface area contributed by atoms with E-state index >= 15 is 0 Å². The molecule has 0 aliphatic heterocycles. The average molecular weight is 343 g/mol. The third-order valence-electron chi connectivity index (χ3n) is 3.23. The fraction of sp³-hybridized carbons (Fsp3) is 0.125. The molecule has 0 saturated heterocycles. The highest BCUT2D eigenvalue weighted by molar-refractivity contribution is 9.10. The van der Waals surface area contributed by atoms with Crippen molar-refractivity contribution in [3.8, 4) is 5.69 Å². The van der Waals surface area contributed by atoms with Crippen LogP contribution in [0.5, 0.6) is 0 Å². The van der Waals surface area contributed by atoms with Gasteiger partial charge in [0.2, 0.25) is 0 Å². The molecule has 0 atom stereocenters. The van der Waals surface area contributed by atoms with Crippen molar-refractivity contribution >= 4 is 21.7 Å². The highest BCUT2D eigenvalue weighted by Gasteiger charge is 2.06. The number of para-hydroxylation sites is 1. The zero-order chi connectivity index (χ0) is 14.7. The molecule has 0 amide bonds. The molecule has 1 aromatic carbocycles. The van der Waals surface area contributed by atoms with Gasteiger partial charge >= 0.3 is 0 Å². The Bertz CT molecular complexity index is 738. The molecule has 0 aliphatic rings.